The molecule has 54 heavy (non-hydrogen) atoms. The summed E-state index contributed by atoms with van der Waals surface area (Å²) in [5, 5.41) is 60.5. The van der Waals surface area contributed by atoms with E-state index in [0.717, 1.165) is 12.8 Å². The first kappa shape index (κ1) is 45.1. The molecular weight excluding hydrogens is 796 g/mol. The minimum atomic E-state index is -2.52. The topological polar surface area (TPSA) is 286 Å². The standard InChI is InChI=1S/C30H56N4O16P4/c35-29(36)19-7-5-13-25-27(19)33(17-53(45)49-41)23-11-3-4-12-24(23)34(18-54(46)50-42)28-20(30(37)38)8-6-14-26(28)32(16-52(44)48-40)22-10-2-1-9-21(22)31(25)15-51(43)47-39/h19-28,39-46H,1-18H2,(H,35,36)(H,37,38). The quantitative estimate of drug-likeness (QED) is 0.0669. The molecule has 312 valence electrons. The molecule has 0 spiro atoms. The highest BCUT2D eigenvalue weighted by Crippen LogP contribution is 2.50. The van der Waals surface area contributed by atoms with E-state index in [9.17, 15) is 60.4 Å². The lowest BCUT2D eigenvalue weighted by Gasteiger charge is -2.60. The Morgan fingerprint density at radius 2 is 0.685 bits per heavy atom. The summed E-state index contributed by atoms with van der Waals surface area (Å²) in [6.07, 6.45) is 6.50. The van der Waals surface area contributed by atoms with Gasteiger partial charge in [-0.1, -0.05) is 38.5 Å². The van der Waals surface area contributed by atoms with E-state index in [2.05, 4.69) is 18.7 Å². The van der Waals surface area contributed by atoms with Crippen molar-refractivity contribution < 1.29 is 79.1 Å². The van der Waals surface area contributed by atoms with Gasteiger partial charge in [-0.05, 0) is 51.4 Å². The predicted molar refractivity (Wildman–Crippen MR) is 195 cm³/mol. The average Bonchev–Trinajstić information content (AvgIpc) is 3.18. The molecule has 0 aromatic heterocycles. The molecule has 1 aliphatic heterocycles. The van der Waals surface area contributed by atoms with Crippen molar-refractivity contribution in [3.05, 3.63) is 0 Å². The number of aliphatic carboxylic acids is 2. The van der Waals surface area contributed by atoms with Crippen LogP contribution < -0.4 is 0 Å². The van der Waals surface area contributed by atoms with Crippen molar-refractivity contribution in [3.63, 3.8) is 0 Å². The van der Waals surface area contributed by atoms with Gasteiger partial charge in [0, 0.05) is 48.3 Å². The number of rotatable bonds is 14. The van der Waals surface area contributed by atoms with Gasteiger partial charge in [0.2, 0.25) is 33.5 Å². The molecule has 0 amide bonds. The van der Waals surface area contributed by atoms with Gasteiger partial charge in [-0.2, -0.15) is 18.7 Å². The Labute approximate surface area is 318 Å². The van der Waals surface area contributed by atoms with Crippen molar-refractivity contribution in [2.75, 3.05) is 25.1 Å². The molecule has 14 atom stereocenters. The molecular formula is C30H56N4O16P4. The first-order valence-corrected chi connectivity index (χ1v) is 24.1. The third-order valence-corrected chi connectivity index (χ3v) is 15.5. The molecule has 1 saturated heterocycles. The van der Waals surface area contributed by atoms with Crippen LogP contribution in [0.3, 0.4) is 0 Å². The Morgan fingerprint density at radius 3 is 0.963 bits per heavy atom. The van der Waals surface area contributed by atoms with Crippen LogP contribution in [0.5, 0.6) is 0 Å². The lowest BCUT2D eigenvalue weighted by molar-refractivity contribution is -0.161. The molecule has 10 N–H and O–H groups in total. The number of hydrogen-bond donors (Lipinski definition) is 10. The van der Waals surface area contributed by atoms with Gasteiger partial charge < -0.3 is 29.8 Å². The average molecular weight is 853 g/mol. The molecule has 0 bridgehead atoms. The maximum Gasteiger partial charge on any atom is 0.308 e. The largest absolute Gasteiger partial charge is 0.481 e. The second-order valence-corrected chi connectivity index (χ2v) is 19.7. The summed E-state index contributed by atoms with van der Waals surface area (Å²) < 4.78 is 17.9. The number of hydrogen-bond acceptors (Lipinski definition) is 18. The van der Waals surface area contributed by atoms with Crippen LogP contribution in [0.1, 0.15) is 89.9 Å². The molecule has 0 aromatic rings. The van der Waals surface area contributed by atoms with Crippen LogP contribution >= 0.6 is 33.5 Å². The summed E-state index contributed by atoms with van der Waals surface area (Å²) in [6.45, 7) is 0. The number of carboxylic acids is 2. The zero-order valence-corrected chi connectivity index (χ0v) is 33.6. The van der Waals surface area contributed by atoms with Crippen LogP contribution in [0.25, 0.3) is 0 Å². The van der Waals surface area contributed by atoms with Crippen LogP contribution in [0.15, 0.2) is 0 Å². The fourth-order valence-corrected chi connectivity index (χ4v) is 13.6. The molecule has 0 radical (unpaired) electrons. The summed E-state index contributed by atoms with van der Waals surface area (Å²) in [7, 11) is -9.95. The van der Waals surface area contributed by atoms with E-state index in [0.29, 0.717) is 64.2 Å². The van der Waals surface area contributed by atoms with Crippen molar-refractivity contribution in [1.29, 1.82) is 0 Å². The second kappa shape index (κ2) is 21.3. The zero-order valence-electron chi connectivity index (χ0n) is 30.0. The SMILES string of the molecule is O=C(O)C1CCCC2C1N(CP(O)OO)C1CCCCC1N(CP(O)OO)C1C(C(=O)O)CCCC1N(CP(O)OO)C1CCCCC1N2CP(O)OO. The second-order valence-electron chi connectivity index (χ2n) is 15.1. The number of carboxylic acid groups (broad SMARTS) is 2. The molecule has 4 aliphatic carbocycles. The minimum absolute atomic E-state index is 0.175. The Bertz CT molecular complexity index is 1120. The predicted octanol–water partition coefficient (Wildman–Crippen LogP) is 4.08. The highest BCUT2D eigenvalue weighted by molar-refractivity contribution is 7.46. The van der Waals surface area contributed by atoms with Gasteiger partial charge >= 0.3 is 11.9 Å². The summed E-state index contributed by atoms with van der Waals surface area (Å²) >= 11 is 0. The van der Waals surface area contributed by atoms with Crippen molar-refractivity contribution in [2.45, 2.75) is 138 Å². The summed E-state index contributed by atoms with van der Waals surface area (Å²) in [5.74, 6) is -4.16. The fraction of sp³-hybridized carbons (Fsp3) is 0.933. The monoisotopic (exact) mass is 852 g/mol. The third kappa shape index (κ3) is 10.4. The van der Waals surface area contributed by atoms with Gasteiger partial charge in [0.15, 0.2) is 0 Å². The molecule has 24 heteroatoms. The molecule has 4 saturated carbocycles. The highest BCUT2D eigenvalue weighted by Gasteiger charge is 2.56. The van der Waals surface area contributed by atoms with E-state index in [4.69, 9.17) is 0 Å². The smallest absolute Gasteiger partial charge is 0.308 e. The molecule has 5 aliphatic rings. The molecule has 0 aromatic carbocycles. The van der Waals surface area contributed by atoms with Crippen molar-refractivity contribution >= 4 is 45.4 Å². The van der Waals surface area contributed by atoms with E-state index in [1.165, 1.54) is 0 Å². The molecule has 5 fully saturated rings. The molecule has 14 unspecified atom stereocenters. The van der Waals surface area contributed by atoms with Crippen molar-refractivity contribution in [1.82, 2.24) is 19.6 Å². The van der Waals surface area contributed by atoms with Gasteiger partial charge in [-0.3, -0.25) is 29.2 Å². The lowest BCUT2D eigenvalue weighted by Crippen LogP contribution is -2.72. The minimum Gasteiger partial charge on any atom is -0.481 e. The Kier molecular flexibility index (Phi) is 17.8. The van der Waals surface area contributed by atoms with Crippen LogP contribution in [-0.4, -0.2) is 156 Å². The van der Waals surface area contributed by atoms with Crippen LogP contribution in [0, 0.1) is 11.8 Å². The van der Waals surface area contributed by atoms with Gasteiger partial charge in [-0.25, -0.2) is 21.0 Å². The Balaban J connectivity index is 1.83. The molecule has 1 heterocycles. The fourth-order valence-electron chi connectivity index (χ4n) is 10.6. The normalized spacial score (nSPS) is 37.3. The summed E-state index contributed by atoms with van der Waals surface area (Å²) in [5.41, 5.74) is 0. The number of fused-ring (bicyclic) bond motifs is 4. The van der Waals surface area contributed by atoms with Gasteiger partial charge in [0.1, 0.15) is 0 Å². The highest BCUT2D eigenvalue weighted by atomic mass is 31.2. The van der Waals surface area contributed by atoms with E-state index in [1.54, 1.807) is 0 Å². The lowest BCUT2D eigenvalue weighted by atomic mass is 9.73. The number of carbonyl (C=O) groups is 2. The molecule has 5 rings (SSSR count). The Hall–Kier alpha value is 0.0200. The van der Waals surface area contributed by atoms with Crippen molar-refractivity contribution in [2.24, 2.45) is 11.8 Å². The first-order valence-electron chi connectivity index (χ1n) is 18.6. The van der Waals surface area contributed by atoms with E-state index in [-0.39, 0.29) is 38.0 Å². The zero-order chi connectivity index (χ0) is 39.1. The summed E-state index contributed by atoms with van der Waals surface area (Å²) in [4.78, 5) is 78.2. The van der Waals surface area contributed by atoms with Gasteiger partial charge in [0.25, 0.3) is 0 Å². The summed E-state index contributed by atoms with van der Waals surface area (Å²) in [6, 6.07) is -5.02. The van der Waals surface area contributed by atoms with Crippen LogP contribution in [0.2, 0.25) is 0 Å². The maximum atomic E-state index is 13.3. The first-order chi connectivity index (χ1) is 25.9. The van der Waals surface area contributed by atoms with Gasteiger partial charge in [0.05, 0.1) is 37.0 Å². The van der Waals surface area contributed by atoms with Crippen LogP contribution in [0.4, 0.5) is 0 Å². The van der Waals surface area contributed by atoms with Crippen molar-refractivity contribution in [3.8, 4) is 0 Å². The Morgan fingerprint density at radius 1 is 0.426 bits per heavy atom. The van der Waals surface area contributed by atoms with E-state index < -0.39 is 106 Å². The van der Waals surface area contributed by atoms with E-state index in [1.807, 2.05) is 19.6 Å². The van der Waals surface area contributed by atoms with E-state index >= 15 is 0 Å². The third-order valence-electron chi connectivity index (χ3n) is 12.5. The van der Waals surface area contributed by atoms with Crippen LogP contribution in [-0.2, 0) is 28.3 Å². The number of nitrogens with zero attached hydrogens (tertiary/aromatic N) is 4. The molecule has 20 nitrogen and oxygen atoms in total. The maximum absolute atomic E-state index is 13.3. The van der Waals surface area contributed by atoms with Gasteiger partial charge in [-0.15, -0.1) is 0 Å².